The Morgan fingerprint density at radius 2 is 1.94 bits per heavy atom. The number of rotatable bonds is 5. The summed E-state index contributed by atoms with van der Waals surface area (Å²) < 4.78 is 51.0. The zero-order valence-corrected chi connectivity index (χ0v) is 12.4. The summed E-state index contributed by atoms with van der Waals surface area (Å²) in [6, 6.07) is 2.56. The van der Waals surface area contributed by atoms with Crippen molar-refractivity contribution in [3.63, 3.8) is 0 Å². The minimum atomic E-state index is -3.77. The molecule has 0 bridgehead atoms. The van der Waals surface area contributed by atoms with Crippen molar-refractivity contribution in [1.29, 1.82) is 0 Å². The van der Waals surface area contributed by atoms with Gasteiger partial charge in [-0.25, -0.2) is 21.5 Å². The van der Waals surface area contributed by atoms with Crippen LogP contribution in [-0.4, -0.2) is 31.1 Å². The van der Waals surface area contributed by atoms with Gasteiger partial charge in [0, 0.05) is 18.4 Å². The minimum absolute atomic E-state index is 0.181. The average Bonchev–Trinajstić information content (AvgIpc) is 2.29. The van der Waals surface area contributed by atoms with E-state index in [1.165, 1.54) is 7.05 Å². The van der Waals surface area contributed by atoms with Crippen molar-refractivity contribution in [3.05, 3.63) is 29.8 Å². The van der Waals surface area contributed by atoms with E-state index in [0.29, 0.717) is 19.0 Å². The van der Waals surface area contributed by atoms with E-state index in [-0.39, 0.29) is 9.72 Å². The Balaban J connectivity index is 2.95. The number of sulfonamides is 1. The molecule has 0 fully saturated rings. The lowest BCUT2D eigenvalue weighted by molar-refractivity contribution is 0.459. The number of hydrogen-bond donors (Lipinski definition) is 0. The van der Waals surface area contributed by atoms with Gasteiger partial charge in [-0.15, -0.1) is 0 Å². The van der Waals surface area contributed by atoms with E-state index in [4.69, 9.17) is 0 Å². The molecule has 1 unspecified atom stereocenters. The van der Waals surface area contributed by atoms with E-state index in [2.05, 4.69) is 15.9 Å². The van der Waals surface area contributed by atoms with Gasteiger partial charge in [0.2, 0.25) is 10.0 Å². The fourth-order valence-corrected chi connectivity index (χ4v) is 2.70. The molecule has 0 aliphatic carbocycles. The highest BCUT2D eigenvalue weighted by atomic mass is 79.9. The summed E-state index contributed by atoms with van der Waals surface area (Å²) in [7, 11) is -2.36. The topological polar surface area (TPSA) is 37.4 Å². The highest BCUT2D eigenvalue weighted by molar-refractivity contribution is 9.09. The maximum atomic E-state index is 13.0. The summed E-state index contributed by atoms with van der Waals surface area (Å²) >= 11 is 3.32. The number of alkyl halides is 1. The first kappa shape index (κ1) is 15.5. The molecule has 0 saturated carbocycles. The van der Waals surface area contributed by atoms with E-state index in [1.807, 2.05) is 6.92 Å². The normalized spacial score (nSPS) is 13.9. The van der Waals surface area contributed by atoms with E-state index in [0.717, 1.165) is 16.4 Å². The van der Waals surface area contributed by atoms with Crippen LogP contribution >= 0.6 is 15.9 Å². The van der Waals surface area contributed by atoms with Crippen molar-refractivity contribution in [2.75, 3.05) is 13.6 Å². The van der Waals surface area contributed by atoms with Crippen molar-refractivity contribution >= 4 is 26.0 Å². The maximum Gasteiger partial charge on any atom is 0.242 e. The largest absolute Gasteiger partial charge is 0.242 e. The minimum Gasteiger partial charge on any atom is -0.207 e. The molecule has 0 heterocycles. The first-order chi connectivity index (χ1) is 8.25. The third kappa shape index (κ3) is 3.73. The Morgan fingerprint density at radius 3 is 2.44 bits per heavy atom. The summed E-state index contributed by atoms with van der Waals surface area (Å²) in [5, 5.41) is 0. The second kappa shape index (κ2) is 6.08. The zero-order chi connectivity index (χ0) is 13.9. The SMILES string of the molecule is CC(Br)CCN(C)S(=O)(=O)c1ccc(F)c(F)c1. The summed E-state index contributed by atoms with van der Waals surface area (Å²) in [6.07, 6.45) is 0.624. The average molecular weight is 342 g/mol. The molecule has 102 valence electrons. The van der Waals surface area contributed by atoms with Gasteiger partial charge in [0.05, 0.1) is 4.90 Å². The van der Waals surface area contributed by atoms with Crippen LogP contribution in [0.4, 0.5) is 8.78 Å². The Morgan fingerprint density at radius 1 is 1.33 bits per heavy atom. The molecule has 7 heteroatoms. The van der Waals surface area contributed by atoms with Crippen molar-refractivity contribution in [2.45, 2.75) is 23.1 Å². The van der Waals surface area contributed by atoms with Gasteiger partial charge in [-0.05, 0) is 24.6 Å². The smallest absolute Gasteiger partial charge is 0.207 e. The van der Waals surface area contributed by atoms with Gasteiger partial charge in [0.25, 0.3) is 0 Å². The van der Waals surface area contributed by atoms with Gasteiger partial charge in [-0.3, -0.25) is 0 Å². The van der Waals surface area contributed by atoms with Crippen molar-refractivity contribution < 1.29 is 17.2 Å². The molecule has 1 aromatic rings. The lowest BCUT2D eigenvalue weighted by Crippen LogP contribution is -2.29. The molecule has 1 atom stereocenters. The second-order valence-corrected chi connectivity index (χ2v) is 7.58. The molecule has 0 aromatic heterocycles. The van der Waals surface area contributed by atoms with Crippen LogP contribution in [-0.2, 0) is 10.0 Å². The summed E-state index contributed by atoms with van der Waals surface area (Å²) in [5.41, 5.74) is 0. The molecular formula is C11H14BrF2NO2S. The molecule has 1 rings (SSSR count). The molecule has 0 aliphatic rings. The lowest BCUT2D eigenvalue weighted by Gasteiger charge is -2.17. The quantitative estimate of drug-likeness (QED) is 0.772. The Hall–Kier alpha value is -0.530. The van der Waals surface area contributed by atoms with E-state index in [9.17, 15) is 17.2 Å². The Kier molecular flexibility index (Phi) is 5.24. The molecule has 0 amide bonds. The van der Waals surface area contributed by atoms with Gasteiger partial charge in [0.1, 0.15) is 0 Å². The summed E-state index contributed by atoms with van der Waals surface area (Å²) in [6.45, 7) is 2.20. The Labute approximate surface area is 114 Å². The first-order valence-electron chi connectivity index (χ1n) is 5.30. The van der Waals surface area contributed by atoms with Crippen LogP contribution in [0.5, 0.6) is 0 Å². The highest BCUT2D eigenvalue weighted by Gasteiger charge is 2.22. The third-order valence-corrected chi connectivity index (χ3v) is 4.75. The van der Waals surface area contributed by atoms with Crippen LogP contribution < -0.4 is 0 Å². The van der Waals surface area contributed by atoms with Crippen molar-refractivity contribution in [3.8, 4) is 0 Å². The standard InChI is InChI=1S/C11H14BrF2NO2S/c1-8(12)5-6-15(2)18(16,17)9-3-4-10(13)11(14)7-9/h3-4,7-8H,5-6H2,1-2H3. The molecule has 0 aliphatic heterocycles. The van der Waals surface area contributed by atoms with Crippen LogP contribution in [0.1, 0.15) is 13.3 Å². The molecular weight excluding hydrogens is 328 g/mol. The van der Waals surface area contributed by atoms with Crippen LogP contribution in [0.3, 0.4) is 0 Å². The van der Waals surface area contributed by atoms with Gasteiger partial charge >= 0.3 is 0 Å². The van der Waals surface area contributed by atoms with Crippen LogP contribution in [0, 0.1) is 11.6 Å². The zero-order valence-electron chi connectivity index (χ0n) is 10.0. The highest BCUT2D eigenvalue weighted by Crippen LogP contribution is 2.18. The Bertz CT molecular complexity index is 520. The van der Waals surface area contributed by atoms with Crippen LogP contribution in [0.15, 0.2) is 23.1 Å². The molecule has 0 spiro atoms. The first-order valence-corrected chi connectivity index (χ1v) is 7.66. The number of halogens is 3. The lowest BCUT2D eigenvalue weighted by atomic mass is 10.3. The van der Waals surface area contributed by atoms with Crippen molar-refractivity contribution in [2.24, 2.45) is 0 Å². The van der Waals surface area contributed by atoms with Gasteiger partial charge in [0.15, 0.2) is 11.6 Å². The van der Waals surface area contributed by atoms with E-state index < -0.39 is 21.7 Å². The van der Waals surface area contributed by atoms with E-state index in [1.54, 1.807) is 0 Å². The molecule has 0 saturated heterocycles. The van der Waals surface area contributed by atoms with Crippen molar-refractivity contribution in [1.82, 2.24) is 4.31 Å². The molecule has 1 aromatic carbocycles. The van der Waals surface area contributed by atoms with Gasteiger partial charge in [-0.1, -0.05) is 22.9 Å². The van der Waals surface area contributed by atoms with Gasteiger partial charge < -0.3 is 0 Å². The fraction of sp³-hybridized carbons (Fsp3) is 0.455. The van der Waals surface area contributed by atoms with Crippen LogP contribution in [0.2, 0.25) is 0 Å². The second-order valence-electron chi connectivity index (χ2n) is 3.97. The van der Waals surface area contributed by atoms with Gasteiger partial charge in [-0.2, -0.15) is 0 Å². The predicted octanol–water partition coefficient (Wildman–Crippen LogP) is 2.76. The number of hydrogen-bond acceptors (Lipinski definition) is 2. The molecule has 3 nitrogen and oxygen atoms in total. The summed E-state index contributed by atoms with van der Waals surface area (Å²) in [4.78, 5) is -0.0637. The summed E-state index contributed by atoms with van der Waals surface area (Å²) in [5.74, 6) is -2.23. The molecule has 18 heavy (non-hydrogen) atoms. The van der Waals surface area contributed by atoms with E-state index >= 15 is 0 Å². The number of benzene rings is 1. The fourth-order valence-electron chi connectivity index (χ4n) is 1.30. The molecule has 0 N–H and O–H groups in total. The monoisotopic (exact) mass is 341 g/mol. The molecule has 0 radical (unpaired) electrons. The number of nitrogens with zero attached hydrogens (tertiary/aromatic N) is 1. The van der Waals surface area contributed by atoms with Crippen LogP contribution in [0.25, 0.3) is 0 Å². The maximum absolute atomic E-state index is 13.0. The predicted molar refractivity (Wildman–Crippen MR) is 69.2 cm³/mol. The third-order valence-electron chi connectivity index (χ3n) is 2.44.